The molecule has 0 N–H and O–H groups in total. The summed E-state index contributed by atoms with van der Waals surface area (Å²) in [5, 5.41) is 9.71. The molecular weight excluding hydrogens is 274 g/mol. The molecule has 3 aliphatic rings. The van der Waals surface area contributed by atoms with Gasteiger partial charge in [0.1, 0.15) is 5.41 Å². The standard InChI is InChI=1S/C18H29N3O/c1-2-20-12-6-8-15(20)16-9-7-13-21(16)17(22)18(14-19)10-4-3-5-11-18/h15-16H,2-13H2,1H3. The second-order valence-corrected chi connectivity index (χ2v) is 7.30. The van der Waals surface area contributed by atoms with Gasteiger partial charge in [-0.3, -0.25) is 9.69 Å². The van der Waals surface area contributed by atoms with Gasteiger partial charge in [0.25, 0.3) is 0 Å². The largest absolute Gasteiger partial charge is 0.337 e. The molecule has 2 heterocycles. The number of amides is 1. The molecular formula is C18H29N3O. The zero-order chi connectivity index (χ0) is 15.6. The normalized spacial score (nSPS) is 32.1. The molecule has 0 spiro atoms. The van der Waals surface area contributed by atoms with Crippen molar-refractivity contribution in [1.82, 2.24) is 9.80 Å². The Kier molecular flexibility index (Phi) is 4.73. The lowest BCUT2D eigenvalue weighted by Crippen LogP contribution is -2.52. The van der Waals surface area contributed by atoms with Crippen LogP contribution in [0.3, 0.4) is 0 Å². The molecule has 1 aliphatic carbocycles. The number of nitrogens with zero attached hydrogens (tertiary/aromatic N) is 3. The van der Waals surface area contributed by atoms with Crippen LogP contribution in [0.1, 0.15) is 64.7 Å². The van der Waals surface area contributed by atoms with E-state index in [1.165, 1.54) is 25.8 Å². The van der Waals surface area contributed by atoms with Crippen LogP contribution >= 0.6 is 0 Å². The van der Waals surface area contributed by atoms with Crippen LogP contribution in [-0.4, -0.2) is 47.4 Å². The van der Waals surface area contributed by atoms with E-state index in [0.717, 1.165) is 51.6 Å². The van der Waals surface area contributed by atoms with Crippen LogP contribution in [0.15, 0.2) is 0 Å². The third kappa shape index (κ3) is 2.65. The van der Waals surface area contributed by atoms with Gasteiger partial charge in [-0.2, -0.15) is 5.26 Å². The summed E-state index contributed by atoms with van der Waals surface area (Å²) in [6.07, 6.45) is 9.46. The lowest BCUT2D eigenvalue weighted by Gasteiger charge is -2.39. The maximum Gasteiger partial charge on any atom is 0.243 e. The number of hydrogen-bond donors (Lipinski definition) is 0. The smallest absolute Gasteiger partial charge is 0.243 e. The Morgan fingerprint density at radius 1 is 1.09 bits per heavy atom. The van der Waals surface area contributed by atoms with Gasteiger partial charge in [-0.1, -0.05) is 26.2 Å². The van der Waals surface area contributed by atoms with Crippen LogP contribution in [0, 0.1) is 16.7 Å². The molecule has 1 amide bonds. The van der Waals surface area contributed by atoms with Gasteiger partial charge >= 0.3 is 0 Å². The topological polar surface area (TPSA) is 47.3 Å². The molecule has 3 rings (SSSR count). The molecule has 2 atom stereocenters. The summed E-state index contributed by atoms with van der Waals surface area (Å²) < 4.78 is 0. The van der Waals surface area contributed by atoms with E-state index in [1.807, 2.05) is 0 Å². The Hall–Kier alpha value is -1.08. The molecule has 2 aliphatic heterocycles. The van der Waals surface area contributed by atoms with Gasteiger partial charge < -0.3 is 4.90 Å². The highest BCUT2D eigenvalue weighted by Crippen LogP contribution is 2.40. The first-order valence-electron chi connectivity index (χ1n) is 9.18. The van der Waals surface area contributed by atoms with Gasteiger partial charge in [0.2, 0.25) is 5.91 Å². The van der Waals surface area contributed by atoms with Crippen LogP contribution in [0.2, 0.25) is 0 Å². The van der Waals surface area contributed by atoms with Crippen LogP contribution in [-0.2, 0) is 4.79 Å². The predicted molar refractivity (Wildman–Crippen MR) is 86.1 cm³/mol. The Balaban J connectivity index is 1.77. The van der Waals surface area contributed by atoms with Crippen LogP contribution in [0.4, 0.5) is 0 Å². The molecule has 0 aromatic carbocycles. The monoisotopic (exact) mass is 303 g/mol. The van der Waals surface area contributed by atoms with Crippen molar-refractivity contribution in [2.75, 3.05) is 19.6 Å². The van der Waals surface area contributed by atoms with E-state index in [-0.39, 0.29) is 5.91 Å². The van der Waals surface area contributed by atoms with E-state index in [9.17, 15) is 10.1 Å². The third-order valence-corrected chi connectivity index (χ3v) is 6.16. The first-order chi connectivity index (χ1) is 10.7. The van der Waals surface area contributed by atoms with Crippen molar-refractivity contribution in [2.45, 2.75) is 76.8 Å². The zero-order valence-corrected chi connectivity index (χ0v) is 13.9. The van der Waals surface area contributed by atoms with E-state index in [0.29, 0.717) is 12.1 Å². The molecule has 0 radical (unpaired) electrons. The average Bonchev–Trinajstić information content (AvgIpc) is 3.22. The van der Waals surface area contributed by atoms with Crippen molar-refractivity contribution in [1.29, 1.82) is 5.26 Å². The lowest BCUT2D eigenvalue weighted by atomic mass is 9.74. The predicted octanol–water partition coefficient (Wildman–Crippen LogP) is 2.94. The van der Waals surface area contributed by atoms with Crippen molar-refractivity contribution in [2.24, 2.45) is 5.41 Å². The highest BCUT2D eigenvalue weighted by Gasteiger charge is 2.47. The summed E-state index contributed by atoms with van der Waals surface area (Å²) in [7, 11) is 0. The van der Waals surface area contributed by atoms with E-state index < -0.39 is 5.41 Å². The lowest BCUT2D eigenvalue weighted by molar-refractivity contribution is -0.142. The SMILES string of the molecule is CCN1CCCC1C1CCCN1C(=O)C1(C#N)CCCCC1. The molecule has 0 aromatic rings. The number of carbonyl (C=O) groups is 1. The maximum atomic E-state index is 13.2. The van der Waals surface area contributed by atoms with Crippen LogP contribution in [0.5, 0.6) is 0 Å². The average molecular weight is 303 g/mol. The minimum atomic E-state index is -0.712. The van der Waals surface area contributed by atoms with E-state index >= 15 is 0 Å². The minimum absolute atomic E-state index is 0.153. The highest BCUT2D eigenvalue weighted by atomic mass is 16.2. The molecule has 3 fully saturated rings. The van der Waals surface area contributed by atoms with Gasteiger partial charge in [0.05, 0.1) is 6.07 Å². The summed E-state index contributed by atoms with van der Waals surface area (Å²) >= 11 is 0. The van der Waals surface area contributed by atoms with Crippen molar-refractivity contribution >= 4 is 5.91 Å². The summed E-state index contributed by atoms with van der Waals surface area (Å²) in [6.45, 7) is 5.33. The van der Waals surface area contributed by atoms with Crippen LogP contribution < -0.4 is 0 Å². The van der Waals surface area contributed by atoms with E-state index in [1.54, 1.807) is 0 Å². The maximum absolute atomic E-state index is 13.2. The Labute approximate surface area is 134 Å². The van der Waals surface area contributed by atoms with Gasteiger partial charge in [0, 0.05) is 18.6 Å². The number of likely N-dealkylation sites (N-methyl/N-ethyl adjacent to an activating group) is 1. The number of carbonyl (C=O) groups excluding carboxylic acids is 1. The van der Waals surface area contributed by atoms with E-state index in [2.05, 4.69) is 22.8 Å². The number of nitriles is 1. The second-order valence-electron chi connectivity index (χ2n) is 7.30. The first-order valence-corrected chi connectivity index (χ1v) is 9.18. The molecule has 2 saturated heterocycles. The molecule has 4 nitrogen and oxygen atoms in total. The number of rotatable bonds is 3. The quantitative estimate of drug-likeness (QED) is 0.805. The van der Waals surface area contributed by atoms with Gasteiger partial charge in [0.15, 0.2) is 0 Å². The van der Waals surface area contributed by atoms with Crippen molar-refractivity contribution in [3.8, 4) is 6.07 Å². The summed E-state index contributed by atoms with van der Waals surface area (Å²) in [4.78, 5) is 17.8. The van der Waals surface area contributed by atoms with Gasteiger partial charge in [-0.25, -0.2) is 0 Å². The molecule has 22 heavy (non-hydrogen) atoms. The fourth-order valence-corrected chi connectivity index (χ4v) is 4.93. The molecule has 2 unspecified atom stereocenters. The van der Waals surface area contributed by atoms with Crippen molar-refractivity contribution in [3.63, 3.8) is 0 Å². The van der Waals surface area contributed by atoms with Crippen molar-refractivity contribution < 1.29 is 4.79 Å². The van der Waals surface area contributed by atoms with Crippen LogP contribution in [0.25, 0.3) is 0 Å². The summed E-state index contributed by atoms with van der Waals surface area (Å²) in [6, 6.07) is 3.30. The highest BCUT2D eigenvalue weighted by molar-refractivity contribution is 5.86. The minimum Gasteiger partial charge on any atom is -0.337 e. The molecule has 4 heteroatoms. The number of hydrogen-bond acceptors (Lipinski definition) is 3. The van der Waals surface area contributed by atoms with Gasteiger partial charge in [-0.05, 0) is 51.6 Å². The molecule has 0 bridgehead atoms. The Morgan fingerprint density at radius 2 is 1.77 bits per heavy atom. The summed E-state index contributed by atoms with van der Waals surface area (Å²) in [5.41, 5.74) is -0.712. The Bertz CT molecular complexity index is 450. The first kappa shape index (κ1) is 15.8. The molecule has 122 valence electrons. The Morgan fingerprint density at radius 3 is 2.45 bits per heavy atom. The zero-order valence-electron chi connectivity index (χ0n) is 13.9. The summed E-state index contributed by atoms with van der Waals surface area (Å²) in [5.74, 6) is 0.153. The van der Waals surface area contributed by atoms with Crippen molar-refractivity contribution in [3.05, 3.63) is 0 Å². The molecule has 1 saturated carbocycles. The second kappa shape index (κ2) is 6.58. The van der Waals surface area contributed by atoms with Gasteiger partial charge in [-0.15, -0.1) is 0 Å². The fraction of sp³-hybridized carbons (Fsp3) is 0.889. The number of likely N-dealkylation sites (tertiary alicyclic amines) is 2. The third-order valence-electron chi connectivity index (χ3n) is 6.16. The fourth-order valence-electron chi connectivity index (χ4n) is 4.93. The van der Waals surface area contributed by atoms with E-state index in [4.69, 9.17) is 0 Å². The molecule has 0 aromatic heterocycles.